The highest BCUT2D eigenvalue weighted by molar-refractivity contribution is 5.69. The van der Waals surface area contributed by atoms with Crippen LogP contribution in [0.2, 0.25) is 0 Å². The molecular formula is C14H17NO3. The lowest BCUT2D eigenvalue weighted by Gasteiger charge is -2.25. The monoisotopic (exact) mass is 247 g/mol. The Labute approximate surface area is 107 Å². The van der Waals surface area contributed by atoms with Gasteiger partial charge in [0.1, 0.15) is 5.75 Å². The Morgan fingerprint density at radius 2 is 2.11 bits per heavy atom. The van der Waals surface area contributed by atoms with Crippen LogP contribution in [0.1, 0.15) is 18.5 Å². The maximum atomic E-state index is 10.8. The first-order chi connectivity index (χ1) is 8.58. The van der Waals surface area contributed by atoms with Gasteiger partial charge in [-0.25, -0.2) is 0 Å². The summed E-state index contributed by atoms with van der Waals surface area (Å²) in [4.78, 5) is 12.5. The molecule has 4 nitrogen and oxygen atoms in total. The summed E-state index contributed by atoms with van der Waals surface area (Å²) in [6, 6.07) is 7.47. The minimum atomic E-state index is -0.884. The molecule has 0 aromatic heterocycles. The van der Waals surface area contributed by atoms with Gasteiger partial charge < -0.3 is 9.84 Å². The molecule has 0 saturated heterocycles. The minimum Gasteiger partial charge on any atom is -0.497 e. The second-order valence-corrected chi connectivity index (χ2v) is 3.95. The number of aliphatic carboxylic acids is 1. The molecule has 0 aliphatic rings. The third kappa shape index (κ3) is 3.79. The van der Waals surface area contributed by atoms with Crippen molar-refractivity contribution in [2.24, 2.45) is 0 Å². The molecule has 0 aliphatic heterocycles. The largest absolute Gasteiger partial charge is 0.497 e. The number of ether oxygens (including phenoxy) is 1. The van der Waals surface area contributed by atoms with Gasteiger partial charge in [-0.1, -0.05) is 18.1 Å². The number of rotatable bonds is 6. The molecule has 18 heavy (non-hydrogen) atoms. The van der Waals surface area contributed by atoms with E-state index in [-0.39, 0.29) is 12.6 Å². The second kappa shape index (κ2) is 6.67. The smallest absolute Gasteiger partial charge is 0.317 e. The fourth-order valence-corrected chi connectivity index (χ4v) is 1.71. The molecule has 0 heterocycles. The van der Waals surface area contributed by atoms with Crippen molar-refractivity contribution in [2.45, 2.75) is 13.0 Å². The van der Waals surface area contributed by atoms with E-state index >= 15 is 0 Å². The zero-order valence-electron chi connectivity index (χ0n) is 10.6. The summed E-state index contributed by atoms with van der Waals surface area (Å²) in [5, 5.41) is 8.86. The van der Waals surface area contributed by atoms with Crippen molar-refractivity contribution in [2.75, 3.05) is 20.2 Å². The Morgan fingerprint density at radius 1 is 1.50 bits per heavy atom. The number of carboxylic acid groups (broad SMARTS) is 1. The Balaban J connectivity index is 2.83. The molecular weight excluding hydrogens is 230 g/mol. The van der Waals surface area contributed by atoms with E-state index < -0.39 is 5.97 Å². The molecule has 0 saturated carbocycles. The van der Waals surface area contributed by atoms with Gasteiger partial charge in [-0.3, -0.25) is 9.69 Å². The van der Waals surface area contributed by atoms with Crippen LogP contribution in [0.5, 0.6) is 5.75 Å². The quantitative estimate of drug-likeness (QED) is 0.778. The lowest BCUT2D eigenvalue weighted by Crippen LogP contribution is -2.32. The van der Waals surface area contributed by atoms with E-state index in [1.165, 1.54) is 0 Å². The lowest BCUT2D eigenvalue weighted by atomic mass is 10.1. The number of terminal acetylenes is 1. The summed E-state index contributed by atoms with van der Waals surface area (Å²) >= 11 is 0. The first kappa shape index (κ1) is 14.1. The molecule has 1 rings (SSSR count). The first-order valence-electron chi connectivity index (χ1n) is 5.61. The molecule has 4 heteroatoms. The van der Waals surface area contributed by atoms with Crippen molar-refractivity contribution in [3.05, 3.63) is 29.8 Å². The van der Waals surface area contributed by atoms with Crippen LogP contribution in [0.25, 0.3) is 0 Å². The fraction of sp³-hybridized carbons (Fsp3) is 0.357. The third-order valence-corrected chi connectivity index (χ3v) is 2.78. The summed E-state index contributed by atoms with van der Waals surface area (Å²) < 4.78 is 5.08. The normalized spacial score (nSPS) is 11.9. The van der Waals surface area contributed by atoms with E-state index in [9.17, 15) is 4.79 Å². The Hall–Kier alpha value is -1.99. The average molecular weight is 247 g/mol. The van der Waals surface area contributed by atoms with E-state index in [0.29, 0.717) is 6.54 Å². The zero-order chi connectivity index (χ0) is 13.5. The van der Waals surface area contributed by atoms with Crippen molar-refractivity contribution >= 4 is 5.97 Å². The maximum Gasteiger partial charge on any atom is 0.317 e. The number of methoxy groups -OCH3 is 1. The number of hydrogen-bond acceptors (Lipinski definition) is 3. The first-order valence-corrected chi connectivity index (χ1v) is 5.61. The van der Waals surface area contributed by atoms with Gasteiger partial charge in [0, 0.05) is 6.04 Å². The van der Waals surface area contributed by atoms with Crippen LogP contribution in [0, 0.1) is 12.3 Å². The molecule has 1 unspecified atom stereocenters. The van der Waals surface area contributed by atoms with Crippen LogP contribution >= 0.6 is 0 Å². The number of carbonyl (C=O) groups is 1. The van der Waals surface area contributed by atoms with Crippen molar-refractivity contribution in [3.63, 3.8) is 0 Å². The van der Waals surface area contributed by atoms with E-state index in [0.717, 1.165) is 11.3 Å². The summed E-state index contributed by atoms with van der Waals surface area (Å²) in [7, 11) is 1.60. The molecule has 1 N–H and O–H groups in total. The molecule has 0 aliphatic carbocycles. The van der Waals surface area contributed by atoms with Gasteiger partial charge in [0.05, 0.1) is 20.2 Å². The van der Waals surface area contributed by atoms with E-state index in [4.69, 9.17) is 16.3 Å². The Kier molecular flexibility index (Phi) is 5.22. The lowest BCUT2D eigenvalue weighted by molar-refractivity contribution is -0.138. The van der Waals surface area contributed by atoms with Crippen molar-refractivity contribution in [1.29, 1.82) is 0 Å². The summed E-state index contributed by atoms with van der Waals surface area (Å²) in [6.07, 6.45) is 5.26. The van der Waals surface area contributed by atoms with Crippen LogP contribution in [-0.4, -0.2) is 36.2 Å². The van der Waals surface area contributed by atoms with E-state index in [1.54, 1.807) is 12.0 Å². The predicted molar refractivity (Wildman–Crippen MR) is 69.5 cm³/mol. The van der Waals surface area contributed by atoms with Gasteiger partial charge in [-0.2, -0.15) is 0 Å². The zero-order valence-corrected chi connectivity index (χ0v) is 10.6. The summed E-state index contributed by atoms with van der Waals surface area (Å²) in [5.74, 6) is 2.37. The van der Waals surface area contributed by atoms with Crippen LogP contribution in [0.15, 0.2) is 24.3 Å². The van der Waals surface area contributed by atoms with E-state index in [1.807, 2.05) is 31.2 Å². The summed E-state index contributed by atoms with van der Waals surface area (Å²) in [6.45, 7) is 2.17. The predicted octanol–water partition coefficient (Wildman–Crippen LogP) is 1.78. The number of hydrogen-bond donors (Lipinski definition) is 1. The highest BCUT2D eigenvalue weighted by Gasteiger charge is 2.17. The molecule has 0 spiro atoms. The van der Waals surface area contributed by atoms with Gasteiger partial charge in [0.15, 0.2) is 0 Å². The topological polar surface area (TPSA) is 49.8 Å². The average Bonchev–Trinajstić information content (AvgIpc) is 2.37. The van der Waals surface area contributed by atoms with Gasteiger partial charge in [-0.05, 0) is 24.6 Å². The van der Waals surface area contributed by atoms with Crippen LogP contribution in [0.3, 0.4) is 0 Å². The second-order valence-electron chi connectivity index (χ2n) is 3.95. The maximum absolute atomic E-state index is 10.8. The number of benzene rings is 1. The van der Waals surface area contributed by atoms with Gasteiger partial charge in [0.2, 0.25) is 0 Å². The standard InChI is InChI=1S/C14H17NO3/c1-4-9-15(10-14(16)17)11(2)12-5-7-13(18-3)8-6-12/h1,5-8,11H,9-10H2,2-3H3,(H,16,17). The van der Waals surface area contributed by atoms with Crippen molar-refractivity contribution < 1.29 is 14.6 Å². The van der Waals surface area contributed by atoms with Crippen molar-refractivity contribution in [3.8, 4) is 18.1 Å². The van der Waals surface area contributed by atoms with Crippen LogP contribution < -0.4 is 4.74 Å². The number of nitrogens with zero attached hydrogens (tertiary/aromatic N) is 1. The van der Waals surface area contributed by atoms with E-state index in [2.05, 4.69) is 5.92 Å². The molecule has 0 radical (unpaired) electrons. The highest BCUT2D eigenvalue weighted by atomic mass is 16.5. The van der Waals surface area contributed by atoms with Gasteiger partial charge in [0.25, 0.3) is 0 Å². The SMILES string of the molecule is C#CCN(CC(=O)O)C(C)c1ccc(OC)cc1. The minimum absolute atomic E-state index is 0.0527. The summed E-state index contributed by atoms with van der Waals surface area (Å²) in [5.41, 5.74) is 1.01. The fourth-order valence-electron chi connectivity index (χ4n) is 1.71. The molecule has 0 bridgehead atoms. The van der Waals surface area contributed by atoms with Crippen LogP contribution in [-0.2, 0) is 4.79 Å². The van der Waals surface area contributed by atoms with Gasteiger partial charge in [-0.15, -0.1) is 6.42 Å². The Morgan fingerprint density at radius 3 is 2.56 bits per heavy atom. The van der Waals surface area contributed by atoms with Gasteiger partial charge >= 0.3 is 5.97 Å². The number of carboxylic acids is 1. The molecule has 0 fully saturated rings. The molecule has 1 aromatic carbocycles. The molecule has 1 aromatic rings. The molecule has 96 valence electrons. The molecule has 0 amide bonds. The van der Waals surface area contributed by atoms with Crippen molar-refractivity contribution in [1.82, 2.24) is 4.90 Å². The molecule has 1 atom stereocenters. The third-order valence-electron chi connectivity index (χ3n) is 2.78. The Bertz CT molecular complexity index is 433. The highest BCUT2D eigenvalue weighted by Crippen LogP contribution is 2.22. The van der Waals surface area contributed by atoms with Crippen LogP contribution in [0.4, 0.5) is 0 Å².